The minimum Gasteiger partial charge on any atom is -0.397 e. The van der Waals surface area contributed by atoms with Crippen molar-refractivity contribution < 1.29 is 9.59 Å². The van der Waals surface area contributed by atoms with Crippen LogP contribution in [0.5, 0.6) is 0 Å². The molecule has 18 heavy (non-hydrogen) atoms. The van der Waals surface area contributed by atoms with Crippen LogP contribution in [0.2, 0.25) is 0 Å². The van der Waals surface area contributed by atoms with E-state index in [2.05, 4.69) is 10.6 Å². The summed E-state index contributed by atoms with van der Waals surface area (Å²) in [6, 6.07) is 4.28. The molecule has 0 spiro atoms. The first kappa shape index (κ1) is 13.8. The van der Waals surface area contributed by atoms with Gasteiger partial charge in [-0.2, -0.15) is 0 Å². The summed E-state index contributed by atoms with van der Waals surface area (Å²) >= 11 is 0. The highest BCUT2D eigenvalue weighted by Crippen LogP contribution is 2.20. The summed E-state index contributed by atoms with van der Waals surface area (Å²) in [4.78, 5) is 22.6. The molecule has 0 fully saturated rings. The van der Waals surface area contributed by atoms with E-state index in [9.17, 15) is 9.59 Å². The van der Waals surface area contributed by atoms with E-state index in [1.165, 1.54) is 0 Å². The summed E-state index contributed by atoms with van der Waals surface area (Å²) in [5.41, 5.74) is 12.4. The maximum absolute atomic E-state index is 11.7. The molecule has 0 aliphatic carbocycles. The second kappa shape index (κ2) is 5.90. The minimum absolute atomic E-state index is 0.188. The zero-order valence-corrected chi connectivity index (χ0v) is 10.5. The standard InChI is InChI=1S/C12H18N4O2/c1-3-15-12(18)8-4-5-9(13)10(6-8)16-7(2)11(14)17/h4-7,16H,3,13H2,1-2H3,(H2,14,17)(H,15,18). The number of nitrogens with two attached hydrogens (primary N) is 2. The number of carbonyl (C=O) groups is 2. The van der Waals surface area contributed by atoms with Gasteiger partial charge in [0.25, 0.3) is 5.91 Å². The highest BCUT2D eigenvalue weighted by molar-refractivity contribution is 5.96. The van der Waals surface area contributed by atoms with Crippen LogP contribution < -0.4 is 22.1 Å². The van der Waals surface area contributed by atoms with Gasteiger partial charge < -0.3 is 22.1 Å². The lowest BCUT2D eigenvalue weighted by Gasteiger charge is -2.14. The Labute approximate surface area is 106 Å². The molecule has 0 bridgehead atoms. The molecular formula is C12H18N4O2. The van der Waals surface area contributed by atoms with Crippen molar-refractivity contribution in [3.05, 3.63) is 23.8 Å². The highest BCUT2D eigenvalue weighted by Gasteiger charge is 2.12. The molecule has 0 aromatic heterocycles. The van der Waals surface area contributed by atoms with Crippen LogP contribution >= 0.6 is 0 Å². The van der Waals surface area contributed by atoms with Crippen molar-refractivity contribution in [2.45, 2.75) is 19.9 Å². The second-order valence-electron chi connectivity index (χ2n) is 3.93. The number of hydrogen-bond donors (Lipinski definition) is 4. The Morgan fingerprint density at radius 2 is 2.06 bits per heavy atom. The normalized spacial score (nSPS) is 11.7. The lowest BCUT2D eigenvalue weighted by atomic mass is 10.1. The van der Waals surface area contributed by atoms with E-state index in [4.69, 9.17) is 11.5 Å². The fraction of sp³-hybridized carbons (Fsp3) is 0.333. The van der Waals surface area contributed by atoms with Gasteiger partial charge in [-0.25, -0.2) is 0 Å². The molecule has 1 rings (SSSR count). The summed E-state index contributed by atoms with van der Waals surface area (Å²) in [6.07, 6.45) is 0. The van der Waals surface area contributed by atoms with Gasteiger partial charge in [-0.15, -0.1) is 0 Å². The van der Waals surface area contributed by atoms with Crippen LogP contribution in [0, 0.1) is 0 Å². The largest absolute Gasteiger partial charge is 0.397 e. The van der Waals surface area contributed by atoms with E-state index in [1.54, 1.807) is 25.1 Å². The fourth-order valence-corrected chi connectivity index (χ4v) is 1.39. The van der Waals surface area contributed by atoms with Crippen molar-refractivity contribution in [2.75, 3.05) is 17.6 Å². The Bertz CT molecular complexity index is 459. The lowest BCUT2D eigenvalue weighted by Crippen LogP contribution is -2.32. The summed E-state index contributed by atoms with van der Waals surface area (Å²) in [5, 5.41) is 5.55. The zero-order valence-electron chi connectivity index (χ0n) is 10.5. The molecule has 6 nitrogen and oxygen atoms in total. The van der Waals surface area contributed by atoms with E-state index in [0.29, 0.717) is 23.5 Å². The van der Waals surface area contributed by atoms with E-state index >= 15 is 0 Å². The number of nitrogens with one attached hydrogen (secondary N) is 2. The Kier molecular flexibility index (Phi) is 4.53. The number of hydrogen-bond acceptors (Lipinski definition) is 4. The van der Waals surface area contributed by atoms with Crippen LogP contribution in [0.15, 0.2) is 18.2 Å². The van der Waals surface area contributed by atoms with Crippen molar-refractivity contribution in [3.8, 4) is 0 Å². The molecule has 1 aromatic rings. The maximum atomic E-state index is 11.7. The number of benzene rings is 1. The van der Waals surface area contributed by atoms with E-state index in [-0.39, 0.29) is 5.91 Å². The SMILES string of the molecule is CCNC(=O)c1ccc(N)c(NC(C)C(N)=O)c1. The third-order valence-corrected chi connectivity index (χ3v) is 2.45. The predicted octanol–water partition coefficient (Wildman–Crippen LogP) is 0.304. The Morgan fingerprint density at radius 1 is 1.39 bits per heavy atom. The van der Waals surface area contributed by atoms with Crippen LogP contribution in [-0.2, 0) is 4.79 Å². The molecule has 0 aliphatic rings. The molecule has 6 N–H and O–H groups in total. The monoisotopic (exact) mass is 250 g/mol. The molecule has 2 amide bonds. The second-order valence-corrected chi connectivity index (χ2v) is 3.93. The summed E-state index contributed by atoms with van der Waals surface area (Å²) in [7, 11) is 0. The number of primary amides is 1. The van der Waals surface area contributed by atoms with Gasteiger partial charge in [0.05, 0.1) is 11.4 Å². The smallest absolute Gasteiger partial charge is 0.251 e. The molecule has 98 valence electrons. The molecule has 0 aliphatic heterocycles. The number of carbonyl (C=O) groups excluding carboxylic acids is 2. The quantitative estimate of drug-likeness (QED) is 0.563. The molecule has 0 saturated carbocycles. The number of nitrogen functional groups attached to an aromatic ring is 1. The summed E-state index contributed by atoms with van der Waals surface area (Å²) < 4.78 is 0. The first-order valence-electron chi connectivity index (χ1n) is 5.69. The molecule has 1 atom stereocenters. The molecule has 0 heterocycles. The first-order valence-corrected chi connectivity index (χ1v) is 5.69. The van der Waals surface area contributed by atoms with Gasteiger partial charge in [0.2, 0.25) is 5.91 Å². The van der Waals surface area contributed by atoms with Crippen LogP contribution in [0.3, 0.4) is 0 Å². The first-order chi connectivity index (χ1) is 8.45. The lowest BCUT2D eigenvalue weighted by molar-refractivity contribution is -0.118. The van der Waals surface area contributed by atoms with Gasteiger partial charge in [-0.1, -0.05) is 0 Å². The molecule has 1 aromatic carbocycles. The predicted molar refractivity (Wildman–Crippen MR) is 71.1 cm³/mol. The van der Waals surface area contributed by atoms with Gasteiger partial charge in [0.1, 0.15) is 6.04 Å². The number of amides is 2. The molecule has 0 radical (unpaired) electrons. The maximum Gasteiger partial charge on any atom is 0.251 e. The number of rotatable bonds is 5. The highest BCUT2D eigenvalue weighted by atomic mass is 16.2. The van der Waals surface area contributed by atoms with Crippen molar-refractivity contribution in [2.24, 2.45) is 5.73 Å². The van der Waals surface area contributed by atoms with Gasteiger partial charge >= 0.3 is 0 Å². The molecule has 6 heteroatoms. The van der Waals surface area contributed by atoms with Gasteiger partial charge in [0.15, 0.2) is 0 Å². The van der Waals surface area contributed by atoms with E-state index in [0.717, 1.165) is 0 Å². The van der Waals surface area contributed by atoms with Crippen molar-refractivity contribution >= 4 is 23.2 Å². The Morgan fingerprint density at radius 3 is 2.61 bits per heavy atom. The fourth-order valence-electron chi connectivity index (χ4n) is 1.39. The Hall–Kier alpha value is -2.24. The van der Waals surface area contributed by atoms with Crippen LogP contribution in [0.1, 0.15) is 24.2 Å². The molecule has 0 saturated heterocycles. The van der Waals surface area contributed by atoms with Crippen LogP contribution in [0.4, 0.5) is 11.4 Å². The summed E-state index contributed by atoms with van der Waals surface area (Å²) in [5.74, 6) is -0.676. The van der Waals surface area contributed by atoms with E-state index in [1.807, 2.05) is 6.92 Å². The van der Waals surface area contributed by atoms with Crippen molar-refractivity contribution in [1.82, 2.24) is 5.32 Å². The zero-order chi connectivity index (χ0) is 13.7. The van der Waals surface area contributed by atoms with Gasteiger partial charge in [-0.3, -0.25) is 9.59 Å². The summed E-state index contributed by atoms with van der Waals surface area (Å²) in [6.45, 7) is 4.01. The van der Waals surface area contributed by atoms with Gasteiger partial charge in [0, 0.05) is 12.1 Å². The van der Waals surface area contributed by atoms with E-state index < -0.39 is 11.9 Å². The average Bonchev–Trinajstić information content (AvgIpc) is 2.31. The average molecular weight is 250 g/mol. The molecule has 1 unspecified atom stereocenters. The van der Waals surface area contributed by atoms with Gasteiger partial charge in [-0.05, 0) is 32.0 Å². The molecular weight excluding hydrogens is 232 g/mol. The van der Waals surface area contributed by atoms with Crippen molar-refractivity contribution in [1.29, 1.82) is 0 Å². The topological polar surface area (TPSA) is 110 Å². The Balaban J connectivity index is 2.94. The number of anilines is 2. The third kappa shape index (κ3) is 3.38. The van der Waals surface area contributed by atoms with Crippen LogP contribution in [0.25, 0.3) is 0 Å². The third-order valence-electron chi connectivity index (χ3n) is 2.45. The minimum atomic E-state index is -0.559. The van der Waals surface area contributed by atoms with Crippen LogP contribution in [-0.4, -0.2) is 24.4 Å². The van der Waals surface area contributed by atoms with Crippen molar-refractivity contribution in [3.63, 3.8) is 0 Å².